The number of rotatable bonds is 3. The van der Waals surface area contributed by atoms with Crippen LogP contribution in [0.15, 0.2) is 36.5 Å². The normalized spacial score (nSPS) is 18.2. The van der Waals surface area contributed by atoms with Crippen molar-refractivity contribution in [2.45, 2.75) is 12.5 Å². The second kappa shape index (κ2) is 6.09. The van der Waals surface area contributed by atoms with E-state index in [9.17, 15) is 0 Å². The van der Waals surface area contributed by atoms with Gasteiger partial charge < -0.3 is 15.4 Å². The Morgan fingerprint density at radius 1 is 1.25 bits per heavy atom. The zero-order chi connectivity index (χ0) is 16.5. The Balaban J connectivity index is 1.56. The molecule has 2 N–H and O–H groups in total. The molecule has 1 unspecified atom stereocenters. The van der Waals surface area contributed by atoms with Crippen LogP contribution in [0.4, 0.5) is 11.8 Å². The Morgan fingerprint density at radius 2 is 2.08 bits per heavy atom. The fraction of sp³-hybridized carbons (Fsp3) is 0.353. The van der Waals surface area contributed by atoms with Crippen molar-refractivity contribution in [2.75, 3.05) is 30.3 Å². The standard InChI is InChI=1S/C17H20N6O/c1-22-16-14(10-19-22)15(18)20-17(21-16)23-7-8-24-13(11-23)9-12-5-3-2-4-6-12/h2-6,10,13H,7-9,11H2,1H3,(H2,18,20,21). The van der Waals surface area contributed by atoms with E-state index in [1.807, 2.05) is 13.1 Å². The van der Waals surface area contributed by atoms with Gasteiger partial charge >= 0.3 is 0 Å². The molecule has 24 heavy (non-hydrogen) atoms. The lowest BCUT2D eigenvalue weighted by atomic mass is 10.1. The largest absolute Gasteiger partial charge is 0.383 e. The van der Waals surface area contributed by atoms with Gasteiger partial charge in [-0.1, -0.05) is 30.3 Å². The number of nitrogen functional groups attached to an aromatic ring is 1. The van der Waals surface area contributed by atoms with Crippen LogP contribution in [0.25, 0.3) is 11.0 Å². The molecule has 7 nitrogen and oxygen atoms in total. The van der Waals surface area contributed by atoms with Crippen LogP contribution in [-0.4, -0.2) is 45.5 Å². The van der Waals surface area contributed by atoms with Crippen molar-refractivity contribution in [1.82, 2.24) is 19.7 Å². The van der Waals surface area contributed by atoms with Gasteiger partial charge in [0, 0.05) is 26.6 Å². The summed E-state index contributed by atoms with van der Waals surface area (Å²) in [5.74, 6) is 1.11. The maximum atomic E-state index is 6.07. The molecule has 0 aliphatic carbocycles. The number of anilines is 2. The minimum Gasteiger partial charge on any atom is -0.383 e. The molecule has 1 aliphatic rings. The monoisotopic (exact) mass is 324 g/mol. The fourth-order valence-corrected chi connectivity index (χ4v) is 3.07. The smallest absolute Gasteiger partial charge is 0.229 e. The number of aryl methyl sites for hydroxylation is 1. The summed E-state index contributed by atoms with van der Waals surface area (Å²) >= 11 is 0. The van der Waals surface area contributed by atoms with Gasteiger partial charge in [0.15, 0.2) is 5.65 Å². The first kappa shape index (κ1) is 14.9. The van der Waals surface area contributed by atoms with Gasteiger partial charge in [0.2, 0.25) is 5.95 Å². The molecule has 7 heteroatoms. The van der Waals surface area contributed by atoms with E-state index in [4.69, 9.17) is 10.5 Å². The van der Waals surface area contributed by atoms with E-state index in [1.165, 1.54) is 5.56 Å². The Morgan fingerprint density at radius 3 is 2.92 bits per heavy atom. The van der Waals surface area contributed by atoms with Gasteiger partial charge in [-0.2, -0.15) is 15.1 Å². The summed E-state index contributed by atoms with van der Waals surface area (Å²) in [5, 5.41) is 4.99. The summed E-state index contributed by atoms with van der Waals surface area (Å²) in [6.07, 6.45) is 2.69. The zero-order valence-corrected chi connectivity index (χ0v) is 13.6. The number of aromatic nitrogens is 4. The predicted molar refractivity (Wildman–Crippen MR) is 92.8 cm³/mol. The molecule has 2 aromatic heterocycles. The Hall–Kier alpha value is -2.67. The molecular formula is C17H20N6O. The van der Waals surface area contributed by atoms with E-state index < -0.39 is 0 Å². The highest BCUT2D eigenvalue weighted by atomic mass is 16.5. The molecule has 0 radical (unpaired) electrons. The highest BCUT2D eigenvalue weighted by Crippen LogP contribution is 2.22. The topological polar surface area (TPSA) is 82.1 Å². The Bertz CT molecular complexity index is 847. The number of ether oxygens (including phenoxy) is 1. The molecule has 0 spiro atoms. The number of fused-ring (bicyclic) bond motifs is 1. The van der Waals surface area contributed by atoms with Crippen molar-refractivity contribution in [3.05, 3.63) is 42.1 Å². The third kappa shape index (κ3) is 2.78. The van der Waals surface area contributed by atoms with E-state index in [0.29, 0.717) is 18.4 Å². The lowest BCUT2D eigenvalue weighted by molar-refractivity contribution is 0.0405. The Kier molecular flexibility index (Phi) is 3.78. The zero-order valence-electron chi connectivity index (χ0n) is 13.6. The van der Waals surface area contributed by atoms with Crippen molar-refractivity contribution in [3.8, 4) is 0 Å². The lowest BCUT2D eigenvalue weighted by Crippen LogP contribution is -2.44. The van der Waals surface area contributed by atoms with E-state index >= 15 is 0 Å². The summed E-state index contributed by atoms with van der Waals surface area (Å²) < 4.78 is 7.64. The first-order valence-corrected chi connectivity index (χ1v) is 8.06. The van der Waals surface area contributed by atoms with Crippen molar-refractivity contribution in [2.24, 2.45) is 7.05 Å². The Labute approximate surface area is 140 Å². The lowest BCUT2D eigenvalue weighted by Gasteiger charge is -2.33. The summed E-state index contributed by atoms with van der Waals surface area (Å²) in [7, 11) is 1.86. The van der Waals surface area contributed by atoms with Crippen LogP contribution in [-0.2, 0) is 18.2 Å². The van der Waals surface area contributed by atoms with Gasteiger partial charge in [-0.3, -0.25) is 4.68 Å². The van der Waals surface area contributed by atoms with E-state index in [2.05, 4.69) is 44.2 Å². The number of morpholine rings is 1. The summed E-state index contributed by atoms with van der Waals surface area (Å²) in [6.45, 7) is 2.16. The minimum absolute atomic E-state index is 0.119. The first-order chi connectivity index (χ1) is 11.7. The molecule has 124 valence electrons. The predicted octanol–water partition coefficient (Wildman–Crippen LogP) is 1.39. The first-order valence-electron chi connectivity index (χ1n) is 8.06. The van der Waals surface area contributed by atoms with Crippen LogP contribution in [0, 0.1) is 0 Å². The third-order valence-corrected chi connectivity index (χ3v) is 4.34. The van der Waals surface area contributed by atoms with Gasteiger partial charge in [-0.15, -0.1) is 0 Å². The van der Waals surface area contributed by atoms with E-state index in [0.717, 1.165) is 30.5 Å². The molecule has 1 fully saturated rings. The number of hydrogen-bond acceptors (Lipinski definition) is 6. The molecule has 1 aromatic carbocycles. The van der Waals surface area contributed by atoms with Gasteiger partial charge in [-0.25, -0.2) is 0 Å². The van der Waals surface area contributed by atoms with Crippen molar-refractivity contribution < 1.29 is 4.74 Å². The molecule has 0 amide bonds. The second-order valence-electron chi connectivity index (χ2n) is 6.04. The molecule has 4 rings (SSSR count). The van der Waals surface area contributed by atoms with Gasteiger partial charge in [0.05, 0.1) is 24.3 Å². The molecule has 3 aromatic rings. The SMILES string of the molecule is Cn1ncc2c(N)nc(N3CCOC(Cc4ccccc4)C3)nc21. The molecular weight excluding hydrogens is 304 g/mol. The molecule has 1 aliphatic heterocycles. The average molecular weight is 324 g/mol. The number of nitrogens with two attached hydrogens (primary N) is 1. The van der Waals surface area contributed by atoms with Crippen molar-refractivity contribution in [1.29, 1.82) is 0 Å². The van der Waals surface area contributed by atoms with Crippen LogP contribution in [0.5, 0.6) is 0 Å². The molecule has 0 saturated carbocycles. The van der Waals surface area contributed by atoms with Crippen LogP contribution < -0.4 is 10.6 Å². The molecule has 1 atom stereocenters. The van der Waals surface area contributed by atoms with Gasteiger partial charge in [0.25, 0.3) is 0 Å². The van der Waals surface area contributed by atoms with Crippen molar-refractivity contribution >= 4 is 22.8 Å². The van der Waals surface area contributed by atoms with Gasteiger partial charge in [-0.05, 0) is 5.56 Å². The highest BCUT2D eigenvalue weighted by molar-refractivity contribution is 5.86. The summed E-state index contributed by atoms with van der Waals surface area (Å²) in [6, 6.07) is 10.4. The average Bonchev–Trinajstić information content (AvgIpc) is 2.98. The summed E-state index contributed by atoms with van der Waals surface area (Å²) in [4.78, 5) is 11.2. The molecule has 3 heterocycles. The maximum absolute atomic E-state index is 6.07. The van der Waals surface area contributed by atoms with Gasteiger partial charge in [0.1, 0.15) is 5.82 Å². The molecule has 1 saturated heterocycles. The fourth-order valence-electron chi connectivity index (χ4n) is 3.07. The van der Waals surface area contributed by atoms with E-state index in [-0.39, 0.29) is 6.10 Å². The van der Waals surface area contributed by atoms with Crippen LogP contribution in [0.3, 0.4) is 0 Å². The van der Waals surface area contributed by atoms with Crippen molar-refractivity contribution in [3.63, 3.8) is 0 Å². The van der Waals surface area contributed by atoms with Crippen LogP contribution in [0.2, 0.25) is 0 Å². The number of hydrogen-bond donors (Lipinski definition) is 1. The number of benzene rings is 1. The quantitative estimate of drug-likeness (QED) is 0.784. The number of nitrogens with zero attached hydrogens (tertiary/aromatic N) is 5. The van der Waals surface area contributed by atoms with Crippen LogP contribution in [0.1, 0.15) is 5.56 Å². The highest BCUT2D eigenvalue weighted by Gasteiger charge is 2.24. The maximum Gasteiger partial charge on any atom is 0.229 e. The second-order valence-corrected chi connectivity index (χ2v) is 6.04. The third-order valence-electron chi connectivity index (χ3n) is 4.34. The minimum atomic E-state index is 0.119. The van der Waals surface area contributed by atoms with E-state index in [1.54, 1.807) is 10.9 Å². The summed E-state index contributed by atoms with van der Waals surface area (Å²) in [5.41, 5.74) is 8.10. The molecule has 0 bridgehead atoms. The van der Waals surface area contributed by atoms with Crippen LogP contribution >= 0.6 is 0 Å².